The molecule has 1 saturated heterocycles. The number of rotatable bonds is 9. The van der Waals surface area contributed by atoms with E-state index in [0.717, 1.165) is 66.5 Å². The molecule has 0 radical (unpaired) electrons. The van der Waals surface area contributed by atoms with Gasteiger partial charge in [-0.15, -0.1) is 0 Å². The van der Waals surface area contributed by atoms with Crippen molar-refractivity contribution in [3.63, 3.8) is 0 Å². The van der Waals surface area contributed by atoms with Crippen molar-refractivity contribution in [1.82, 2.24) is 5.32 Å². The summed E-state index contributed by atoms with van der Waals surface area (Å²) in [6, 6.07) is 10.5. The van der Waals surface area contributed by atoms with Gasteiger partial charge in [0, 0.05) is 41.5 Å². The fraction of sp³-hybridized carbons (Fsp3) is 0.576. The van der Waals surface area contributed by atoms with Crippen LogP contribution in [0.1, 0.15) is 92.8 Å². The van der Waals surface area contributed by atoms with Gasteiger partial charge in [0.05, 0.1) is 7.11 Å². The lowest BCUT2D eigenvalue weighted by atomic mass is 9.80. The van der Waals surface area contributed by atoms with Gasteiger partial charge in [0.1, 0.15) is 5.75 Å². The van der Waals surface area contributed by atoms with Gasteiger partial charge in [-0.2, -0.15) is 0 Å². The molecule has 6 heteroatoms. The standard InChI is InChI=1S/C17H25NO2.C16H24N2O/c1-4-13-6-8-14(9-7-13)17(19)18-15-10-5-12(2)16(11-15)20-3;1-4-15-11(2)8-14(9-16(15)12(3)19)18-10-13-6-5-7-17-13/h5,10-11,13-14H,4,6-9H2,1-3H3,(H,18,19);8-9,13,17-18H,4-7,10H2,1-3H3. The number of ketones is 1. The van der Waals surface area contributed by atoms with E-state index < -0.39 is 0 Å². The fourth-order valence-corrected chi connectivity index (χ4v) is 5.85. The first-order valence-corrected chi connectivity index (χ1v) is 14.8. The number of hydrogen-bond acceptors (Lipinski definition) is 5. The summed E-state index contributed by atoms with van der Waals surface area (Å²) in [6.07, 6.45) is 9.06. The van der Waals surface area contributed by atoms with Crippen molar-refractivity contribution in [2.75, 3.05) is 30.8 Å². The van der Waals surface area contributed by atoms with E-state index in [1.807, 2.05) is 31.2 Å². The molecule has 39 heavy (non-hydrogen) atoms. The molecule has 2 aliphatic rings. The number of ether oxygens (including phenoxy) is 1. The van der Waals surface area contributed by atoms with Crippen molar-refractivity contribution in [2.45, 2.75) is 92.0 Å². The summed E-state index contributed by atoms with van der Waals surface area (Å²) in [7, 11) is 1.65. The van der Waals surface area contributed by atoms with E-state index in [1.54, 1.807) is 14.0 Å². The molecule has 1 aliphatic carbocycles. The Balaban J connectivity index is 0.000000216. The molecule has 214 valence electrons. The van der Waals surface area contributed by atoms with Crippen LogP contribution in [0.3, 0.4) is 0 Å². The maximum Gasteiger partial charge on any atom is 0.227 e. The Morgan fingerprint density at radius 2 is 1.72 bits per heavy atom. The van der Waals surface area contributed by atoms with Gasteiger partial charge in [0.2, 0.25) is 5.91 Å². The number of amides is 1. The molecule has 1 saturated carbocycles. The summed E-state index contributed by atoms with van der Waals surface area (Å²) in [5, 5.41) is 9.96. The Hall–Kier alpha value is -2.86. The minimum Gasteiger partial charge on any atom is -0.496 e. The minimum absolute atomic E-state index is 0.155. The average Bonchev–Trinajstić information content (AvgIpc) is 3.47. The largest absolute Gasteiger partial charge is 0.496 e. The van der Waals surface area contributed by atoms with Gasteiger partial charge >= 0.3 is 0 Å². The van der Waals surface area contributed by atoms with Gasteiger partial charge in [0.15, 0.2) is 5.78 Å². The summed E-state index contributed by atoms with van der Waals surface area (Å²) < 4.78 is 5.29. The number of benzene rings is 2. The SMILES string of the molecule is CCC1CCC(C(=O)Nc2ccc(C)c(OC)c2)CC1.CCc1c(C)cc(NCC2CCCN2)cc1C(C)=O. The second-order valence-corrected chi connectivity index (χ2v) is 11.2. The molecule has 1 amide bonds. The fourth-order valence-electron chi connectivity index (χ4n) is 5.85. The zero-order valence-electron chi connectivity index (χ0n) is 24.9. The Bertz CT molecular complexity index is 1100. The molecule has 4 rings (SSSR count). The summed E-state index contributed by atoms with van der Waals surface area (Å²) in [6.45, 7) is 12.1. The first kappa shape index (κ1) is 30.7. The van der Waals surface area contributed by atoms with E-state index in [9.17, 15) is 9.59 Å². The molecule has 1 atom stereocenters. The van der Waals surface area contributed by atoms with Gasteiger partial charge in [-0.1, -0.05) is 26.3 Å². The normalized spacial score (nSPS) is 20.5. The molecule has 6 nitrogen and oxygen atoms in total. The average molecular weight is 536 g/mol. The van der Waals surface area contributed by atoms with Crippen molar-refractivity contribution >= 4 is 23.1 Å². The summed E-state index contributed by atoms with van der Waals surface area (Å²) in [5.41, 5.74) is 6.22. The van der Waals surface area contributed by atoms with Crippen LogP contribution in [0.25, 0.3) is 0 Å². The van der Waals surface area contributed by atoms with E-state index in [1.165, 1.54) is 43.2 Å². The zero-order valence-corrected chi connectivity index (χ0v) is 24.9. The molecule has 0 bridgehead atoms. The van der Waals surface area contributed by atoms with Crippen molar-refractivity contribution in [3.8, 4) is 5.75 Å². The third-order valence-corrected chi connectivity index (χ3v) is 8.39. The van der Waals surface area contributed by atoms with E-state index >= 15 is 0 Å². The Morgan fingerprint density at radius 1 is 0.974 bits per heavy atom. The molecular formula is C33H49N3O3. The van der Waals surface area contributed by atoms with Crippen molar-refractivity contribution in [1.29, 1.82) is 0 Å². The van der Waals surface area contributed by atoms with Crippen LogP contribution < -0.4 is 20.7 Å². The highest BCUT2D eigenvalue weighted by Gasteiger charge is 2.25. The van der Waals surface area contributed by atoms with Crippen LogP contribution in [0.15, 0.2) is 30.3 Å². The number of carbonyl (C=O) groups excluding carboxylic acids is 2. The molecule has 1 unspecified atom stereocenters. The first-order chi connectivity index (χ1) is 18.7. The van der Waals surface area contributed by atoms with Crippen LogP contribution in [0.5, 0.6) is 5.75 Å². The maximum absolute atomic E-state index is 12.3. The van der Waals surface area contributed by atoms with Crippen molar-refractivity contribution in [3.05, 3.63) is 52.6 Å². The highest BCUT2D eigenvalue weighted by molar-refractivity contribution is 5.97. The second-order valence-electron chi connectivity index (χ2n) is 11.2. The summed E-state index contributed by atoms with van der Waals surface area (Å²) >= 11 is 0. The molecular weight excluding hydrogens is 486 g/mol. The monoisotopic (exact) mass is 535 g/mol. The Kier molecular flexibility index (Phi) is 11.9. The lowest BCUT2D eigenvalue weighted by Crippen LogP contribution is -2.29. The van der Waals surface area contributed by atoms with Crippen LogP contribution >= 0.6 is 0 Å². The molecule has 2 aromatic rings. The molecule has 0 aromatic heterocycles. The second kappa shape index (κ2) is 15.1. The van der Waals surface area contributed by atoms with Gasteiger partial charge in [-0.05, 0) is 113 Å². The van der Waals surface area contributed by atoms with E-state index in [0.29, 0.717) is 6.04 Å². The molecule has 2 aromatic carbocycles. The first-order valence-electron chi connectivity index (χ1n) is 14.8. The molecule has 1 heterocycles. The van der Waals surface area contributed by atoms with Crippen molar-refractivity contribution in [2.24, 2.45) is 11.8 Å². The Morgan fingerprint density at radius 3 is 2.31 bits per heavy atom. The van der Waals surface area contributed by atoms with Crippen LogP contribution in [-0.2, 0) is 11.2 Å². The topological polar surface area (TPSA) is 79.5 Å². The highest BCUT2D eigenvalue weighted by Crippen LogP contribution is 2.32. The smallest absolute Gasteiger partial charge is 0.227 e. The number of carbonyl (C=O) groups is 2. The quantitative estimate of drug-likeness (QED) is 0.299. The predicted molar refractivity (Wildman–Crippen MR) is 162 cm³/mol. The lowest BCUT2D eigenvalue weighted by molar-refractivity contribution is -0.121. The molecule has 1 aliphatic heterocycles. The van der Waals surface area contributed by atoms with Gasteiger partial charge in [-0.3, -0.25) is 9.59 Å². The number of aryl methyl sites for hydroxylation is 2. The van der Waals surface area contributed by atoms with E-state index in [2.05, 4.69) is 42.8 Å². The zero-order chi connectivity index (χ0) is 28.4. The third-order valence-electron chi connectivity index (χ3n) is 8.39. The number of methoxy groups -OCH3 is 1. The minimum atomic E-state index is 0.155. The number of anilines is 2. The maximum atomic E-state index is 12.3. The summed E-state index contributed by atoms with van der Waals surface area (Å²) in [4.78, 5) is 24.0. The van der Waals surface area contributed by atoms with Gasteiger partial charge in [-0.25, -0.2) is 0 Å². The number of Topliss-reactive ketones (excluding diaryl/α,β-unsaturated/α-hetero) is 1. The number of hydrogen-bond donors (Lipinski definition) is 3. The lowest BCUT2D eigenvalue weighted by Gasteiger charge is -2.27. The Labute approximate surface area is 235 Å². The van der Waals surface area contributed by atoms with E-state index in [-0.39, 0.29) is 17.6 Å². The van der Waals surface area contributed by atoms with Crippen LogP contribution in [0.2, 0.25) is 0 Å². The number of nitrogens with one attached hydrogen (secondary N) is 3. The van der Waals surface area contributed by atoms with Crippen LogP contribution in [0, 0.1) is 25.7 Å². The molecule has 2 fully saturated rings. The van der Waals surface area contributed by atoms with Crippen LogP contribution in [0.4, 0.5) is 11.4 Å². The van der Waals surface area contributed by atoms with Gasteiger partial charge in [0.25, 0.3) is 0 Å². The molecule has 3 N–H and O–H groups in total. The van der Waals surface area contributed by atoms with Gasteiger partial charge < -0.3 is 20.7 Å². The third kappa shape index (κ3) is 8.82. The van der Waals surface area contributed by atoms with Crippen LogP contribution in [-0.4, -0.2) is 37.9 Å². The summed E-state index contributed by atoms with van der Waals surface area (Å²) in [5.74, 6) is 2.12. The predicted octanol–water partition coefficient (Wildman–Crippen LogP) is 7.08. The molecule has 0 spiro atoms. The highest BCUT2D eigenvalue weighted by atomic mass is 16.5. The van der Waals surface area contributed by atoms with Crippen molar-refractivity contribution < 1.29 is 14.3 Å². The van der Waals surface area contributed by atoms with E-state index in [4.69, 9.17) is 4.74 Å².